The standard InChI is InChI=1S/C18H11ClN2O5S/c19-9-5-6-13-12(7-9)20-16(23)14(27-13)8-15(22)26-21-17(24)10-3-1-2-4-11(10)18(21)25/h1-7,14H,8H2,(H,20,23). The SMILES string of the molecule is O=C(CC1Sc2ccc(Cl)cc2NC1=O)ON1C(=O)c2ccccc2C1=O. The molecule has 136 valence electrons. The summed E-state index contributed by atoms with van der Waals surface area (Å²) in [4.78, 5) is 54.6. The minimum absolute atomic E-state index is 0.172. The molecule has 9 heteroatoms. The number of hydrogen-bond donors (Lipinski definition) is 1. The third-order valence-corrected chi connectivity index (χ3v) is 5.57. The number of halogens is 1. The molecule has 1 unspecified atom stereocenters. The molecule has 4 rings (SSSR count). The highest BCUT2D eigenvalue weighted by Crippen LogP contribution is 2.38. The van der Waals surface area contributed by atoms with Crippen LogP contribution in [0.4, 0.5) is 5.69 Å². The molecule has 27 heavy (non-hydrogen) atoms. The van der Waals surface area contributed by atoms with Gasteiger partial charge in [-0.2, -0.15) is 0 Å². The molecule has 0 radical (unpaired) electrons. The highest BCUT2D eigenvalue weighted by molar-refractivity contribution is 8.01. The van der Waals surface area contributed by atoms with Crippen molar-refractivity contribution in [1.29, 1.82) is 0 Å². The number of nitrogens with zero attached hydrogens (tertiary/aromatic N) is 1. The van der Waals surface area contributed by atoms with Gasteiger partial charge in [0.25, 0.3) is 11.8 Å². The molecule has 3 amide bonds. The molecule has 0 spiro atoms. The van der Waals surface area contributed by atoms with E-state index in [2.05, 4.69) is 5.32 Å². The van der Waals surface area contributed by atoms with Gasteiger partial charge in [-0.25, -0.2) is 4.79 Å². The number of fused-ring (bicyclic) bond motifs is 2. The van der Waals surface area contributed by atoms with Gasteiger partial charge >= 0.3 is 5.97 Å². The Morgan fingerprint density at radius 3 is 2.44 bits per heavy atom. The first-order chi connectivity index (χ1) is 12.9. The summed E-state index contributed by atoms with van der Waals surface area (Å²) in [5.74, 6) is -2.64. The van der Waals surface area contributed by atoms with E-state index in [-0.39, 0.29) is 23.5 Å². The van der Waals surface area contributed by atoms with Crippen molar-refractivity contribution in [3.63, 3.8) is 0 Å². The highest BCUT2D eigenvalue weighted by atomic mass is 35.5. The summed E-state index contributed by atoms with van der Waals surface area (Å²) >= 11 is 7.09. The van der Waals surface area contributed by atoms with E-state index in [0.717, 1.165) is 4.90 Å². The maximum atomic E-state index is 12.2. The average Bonchev–Trinajstić information content (AvgIpc) is 2.88. The van der Waals surface area contributed by atoms with E-state index >= 15 is 0 Å². The summed E-state index contributed by atoms with van der Waals surface area (Å²) in [6.45, 7) is 0. The van der Waals surface area contributed by atoms with E-state index in [1.165, 1.54) is 23.9 Å². The van der Waals surface area contributed by atoms with Crippen molar-refractivity contribution in [3.8, 4) is 0 Å². The van der Waals surface area contributed by atoms with Crippen LogP contribution in [0.3, 0.4) is 0 Å². The van der Waals surface area contributed by atoms with Crippen molar-refractivity contribution in [1.82, 2.24) is 5.06 Å². The summed E-state index contributed by atoms with van der Waals surface area (Å²) in [7, 11) is 0. The van der Waals surface area contributed by atoms with Crippen LogP contribution in [0.2, 0.25) is 5.02 Å². The Morgan fingerprint density at radius 2 is 1.78 bits per heavy atom. The summed E-state index contributed by atoms with van der Waals surface area (Å²) in [5.41, 5.74) is 0.916. The third kappa shape index (κ3) is 3.17. The smallest absolute Gasteiger partial charge is 0.330 e. The van der Waals surface area contributed by atoms with Gasteiger partial charge in [0.15, 0.2) is 0 Å². The van der Waals surface area contributed by atoms with Crippen LogP contribution in [0, 0.1) is 0 Å². The molecule has 7 nitrogen and oxygen atoms in total. The maximum absolute atomic E-state index is 12.2. The van der Waals surface area contributed by atoms with E-state index in [4.69, 9.17) is 16.4 Å². The van der Waals surface area contributed by atoms with Crippen molar-refractivity contribution in [2.75, 3.05) is 5.32 Å². The lowest BCUT2D eigenvalue weighted by Crippen LogP contribution is -2.36. The molecule has 0 aliphatic carbocycles. The van der Waals surface area contributed by atoms with Crippen LogP contribution in [0.1, 0.15) is 27.1 Å². The molecule has 0 bridgehead atoms. The maximum Gasteiger partial charge on any atom is 0.334 e. The number of benzene rings is 2. The number of carbonyl (C=O) groups excluding carboxylic acids is 4. The lowest BCUT2D eigenvalue weighted by molar-refractivity contribution is -0.168. The second kappa shape index (κ2) is 6.71. The molecule has 2 aliphatic heterocycles. The molecule has 0 saturated carbocycles. The van der Waals surface area contributed by atoms with E-state index in [0.29, 0.717) is 15.8 Å². The van der Waals surface area contributed by atoms with Crippen LogP contribution >= 0.6 is 23.4 Å². The molecule has 0 saturated heterocycles. The first-order valence-corrected chi connectivity index (χ1v) is 9.15. The number of amides is 3. The predicted octanol–water partition coefficient (Wildman–Crippen LogP) is 2.90. The Morgan fingerprint density at radius 1 is 1.11 bits per heavy atom. The van der Waals surface area contributed by atoms with Gasteiger partial charge in [-0.3, -0.25) is 14.4 Å². The molecule has 0 fully saturated rings. The molecule has 2 aromatic rings. The second-order valence-electron chi connectivity index (χ2n) is 5.85. The van der Waals surface area contributed by atoms with Crippen molar-refractivity contribution < 1.29 is 24.0 Å². The van der Waals surface area contributed by atoms with Gasteiger partial charge in [0, 0.05) is 9.92 Å². The fourth-order valence-electron chi connectivity index (χ4n) is 2.80. The van der Waals surface area contributed by atoms with Crippen LogP contribution in [-0.4, -0.2) is 34.0 Å². The van der Waals surface area contributed by atoms with Gasteiger partial charge < -0.3 is 10.2 Å². The van der Waals surface area contributed by atoms with Crippen molar-refractivity contribution in [3.05, 3.63) is 58.6 Å². The number of hydroxylamine groups is 2. The quantitative estimate of drug-likeness (QED) is 0.793. The molecule has 1 N–H and O–H groups in total. The van der Waals surface area contributed by atoms with Crippen molar-refractivity contribution in [2.24, 2.45) is 0 Å². The molecule has 2 heterocycles. The minimum atomic E-state index is -0.852. The van der Waals surface area contributed by atoms with Crippen LogP contribution in [0.15, 0.2) is 47.4 Å². The Bertz CT molecular complexity index is 974. The number of nitrogens with one attached hydrogen (secondary N) is 1. The Kier molecular flexibility index (Phi) is 4.37. The zero-order valence-electron chi connectivity index (χ0n) is 13.6. The van der Waals surface area contributed by atoms with Gasteiger partial charge in [0.2, 0.25) is 5.91 Å². The number of carbonyl (C=O) groups is 4. The van der Waals surface area contributed by atoms with Gasteiger partial charge in [0.05, 0.1) is 28.5 Å². The molecule has 0 aromatic heterocycles. The van der Waals surface area contributed by atoms with Gasteiger partial charge in [-0.1, -0.05) is 28.8 Å². The zero-order valence-corrected chi connectivity index (χ0v) is 15.2. The molecular weight excluding hydrogens is 392 g/mol. The van der Waals surface area contributed by atoms with Crippen LogP contribution in [-0.2, 0) is 14.4 Å². The normalized spacial score (nSPS) is 18.0. The number of hydrogen-bond acceptors (Lipinski definition) is 6. The van der Waals surface area contributed by atoms with Crippen molar-refractivity contribution >= 4 is 52.7 Å². The number of thioether (sulfide) groups is 1. The third-order valence-electron chi connectivity index (χ3n) is 4.06. The van der Waals surface area contributed by atoms with Crippen LogP contribution in [0.25, 0.3) is 0 Å². The van der Waals surface area contributed by atoms with Gasteiger partial charge in [-0.15, -0.1) is 11.8 Å². The lowest BCUT2D eigenvalue weighted by atomic mass is 10.1. The van der Waals surface area contributed by atoms with Crippen molar-refractivity contribution in [2.45, 2.75) is 16.6 Å². The van der Waals surface area contributed by atoms with Crippen LogP contribution < -0.4 is 5.32 Å². The Hall–Kier alpha value is -2.84. The van der Waals surface area contributed by atoms with Gasteiger partial charge in [0.1, 0.15) is 0 Å². The lowest BCUT2D eigenvalue weighted by Gasteiger charge is -2.24. The average molecular weight is 403 g/mol. The minimum Gasteiger partial charge on any atom is -0.330 e. The van der Waals surface area contributed by atoms with E-state index in [9.17, 15) is 19.2 Å². The monoisotopic (exact) mass is 402 g/mol. The van der Waals surface area contributed by atoms with E-state index < -0.39 is 23.0 Å². The first kappa shape index (κ1) is 17.6. The predicted molar refractivity (Wildman–Crippen MR) is 97.4 cm³/mol. The molecule has 2 aromatic carbocycles. The summed E-state index contributed by atoms with van der Waals surface area (Å²) in [6.07, 6.45) is -0.300. The van der Waals surface area contributed by atoms with E-state index in [1.54, 1.807) is 30.3 Å². The highest BCUT2D eigenvalue weighted by Gasteiger charge is 2.39. The summed E-state index contributed by atoms with van der Waals surface area (Å²) in [5, 5.41) is 2.85. The largest absolute Gasteiger partial charge is 0.334 e. The second-order valence-corrected chi connectivity index (χ2v) is 7.53. The fourth-order valence-corrected chi connectivity index (χ4v) is 4.05. The fraction of sp³-hybridized carbons (Fsp3) is 0.111. The van der Waals surface area contributed by atoms with Gasteiger partial charge in [-0.05, 0) is 30.3 Å². The Balaban J connectivity index is 1.45. The molecule has 1 atom stereocenters. The summed E-state index contributed by atoms with van der Waals surface area (Å²) < 4.78 is 0. The van der Waals surface area contributed by atoms with Crippen LogP contribution in [0.5, 0.6) is 0 Å². The number of imide groups is 1. The number of anilines is 1. The van der Waals surface area contributed by atoms with E-state index in [1.807, 2.05) is 0 Å². The summed E-state index contributed by atoms with van der Waals surface area (Å²) in [6, 6.07) is 11.2. The topological polar surface area (TPSA) is 92.8 Å². The molecule has 2 aliphatic rings. The zero-order chi connectivity index (χ0) is 19.1. The molecular formula is C18H11ClN2O5S. The first-order valence-electron chi connectivity index (χ1n) is 7.90. The Labute approximate surface area is 162 Å². The number of rotatable bonds is 3.